The van der Waals surface area contributed by atoms with Crippen LogP contribution in [0, 0.1) is 12.8 Å². The van der Waals surface area contributed by atoms with Crippen LogP contribution < -0.4 is 5.32 Å². The van der Waals surface area contributed by atoms with Crippen molar-refractivity contribution in [1.82, 2.24) is 9.97 Å². The quantitative estimate of drug-likeness (QED) is 0.534. The normalized spacial score (nSPS) is 19.2. The van der Waals surface area contributed by atoms with E-state index in [2.05, 4.69) is 46.5 Å². The van der Waals surface area contributed by atoms with Crippen LogP contribution in [-0.4, -0.2) is 22.0 Å². The van der Waals surface area contributed by atoms with Crippen LogP contribution in [0.25, 0.3) is 32.2 Å². The van der Waals surface area contributed by atoms with Gasteiger partial charge in [-0.05, 0) is 54.3 Å². The SMILES string of the molecule is Cc1ccc2[nH]ccc2c1-c1ccc2sc(NC(=O)C3CC3F)nc2c1. The summed E-state index contributed by atoms with van der Waals surface area (Å²) in [5.74, 6) is -0.781. The predicted molar refractivity (Wildman–Crippen MR) is 103 cm³/mol. The number of carbonyl (C=O) groups is 1. The maximum absolute atomic E-state index is 13.0. The topological polar surface area (TPSA) is 57.8 Å². The summed E-state index contributed by atoms with van der Waals surface area (Å²) in [6, 6.07) is 12.4. The summed E-state index contributed by atoms with van der Waals surface area (Å²) >= 11 is 1.41. The number of H-pyrrole nitrogens is 1. The summed E-state index contributed by atoms with van der Waals surface area (Å²) in [5.41, 5.74) is 5.41. The number of nitrogens with one attached hydrogen (secondary N) is 2. The Bertz CT molecular complexity index is 1160. The van der Waals surface area contributed by atoms with Crippen LogP contribution in [0.5, 0.6) is 0 Å². The molecule has 0 bridgehead atoms. The number of aromatic nitrogens is 2. The van der Waals surface area contributed by atoms with Crippen molar-refractivity contribution in [2.45, 2.75) is 19.5 Å². The summed E-state index contributed by atoms with van der Waals surface area (Å²) in [7, 11) is 0. The second kappa shape index (κ2) is 5.64. The van der Waals surface area contributed by atoms with Gasteiger partial charge < -0.3 is 10.3 Å². The lowest BCUT2D eigenvalue weighted by atomic mass is 9.97. The van der Waals surface area contributed by atoms with E-state index >= 15 is 0 Å². The molecule has 2 heterocycles. The molecule has 1 fully saturated rings. The standard InChI is InChI=1S/C20H16FN3OS/c1-10-2-4-15-12(6-7-22-15)18(10)11-3-5-17-16(8-11)23-20(26-17)24-19(25)13-9-14(13)21/h2-8,13-14,22H,9H2,1H3,(H,23,24,25). The van der Waals surface area contributed by atoms with E-state index in [0.717, 1.165) is 21.3 Å². The van der Waals surface area contributed by atoms with Gasteiger partial charge in [-0.25, -0.2) is 9.37 Å². The number of hydrogen-bond acceptors (Lipinski definition) is 3. The Morgan fingerprint density at radius 2 is 2.15 bits per heavy atom. The van der Waals surface area contributed by atoms with E-state index in [0.29, 0.717) is 11.6 Å². The number of anilines is 1. The molecule has 130 valence electrons. The second-order valence-corrected chi connectivity index (χ2v) is 7.78. The van der Waals surface area contributed by atoms with Crippen LogP contribution in [-0.2, 0) is 4.79 Å². The molecular formula is C20H16FN3OS. The Kier molecular flexibility index (Phi) is 3.37. The molecule has 2 N–H and O–H groups in total. The highest BCUT2D eigenvalue weighted by Crippen LogP contribution is 2.37. The summed E-state index contributed by atoms with van der Waals surface area (Å²) in [6.07, 6.45) is 1.26. The Balaban J connectivity index is 1.54. The number of alkyl halides is 1. The monoisotopic (exact) mass is 365 g/mol. The van der Waals surface area contributed by atoms with E-state index in [1.54, 1.807) is 0 Å². The summed E-state index contributed by atoms with van der Waals surface area (Å²) in [4.78, 5) is 19.7. The molecule has 4 aromatic rings. The van der Waals surface area contributed by atoms with Gasteiger partial charge in [-0.15, -0.1) is 0 Å². The Morgan fingerprint density at radius 3 is 2.96 bits per heavy atom. The van der Waals surface area contributed by atoms with Gasteiger partial charge in [0.15, 0.2) is 5.13 Å². The number of carbonyl (C=O) groups excluding carboxylic acids is 1. The van der Waals surface area contributed by atoms with Crippen LogP contribution in [0.4, 0.5) is 9.52 Å². The maximum Gasteiger partial charge on any atom is 0.232 e. The van der Waals surface area contributed by atoms with Crippen LogP contribution >= 0.6 is 11.3 Å². The molecule has 5 rings (SSSR count). The zero-order valence-electron chi connectivity index (χ0n) is 14.0. The van der Waals surface area contributed by atoms with Gasteiger partial charge in [0.2, 0.25) is 5.91 Å². The van der Waals surface area contributed by atoms with Gasteiger partial charge >= 0.3 is 0 Å². The number of rotatable bonds is 3. The number of hydrogen-bond donors (Lipinski definition) is 2. The first-order valence-electron chi connectivity index (χ1n) is 8.53. The van der Waals surface area contributed by atoms with Gasteiger partial charge in [-0.1, -0.05) is 23.5 Å². The number of fused-ring (bicyclic) bond motifs is 2. The molecule has 0 radical (unpaired) electrons. The van der Waals surface area contributed by atoms with E-state index in [9.17, 15) is 9.18 Å². The van der Waals surface area contributed by atoms with E-state index in [1.165, 1.54) is 27.8 Å². The molecule has 1 aliphatic carbocycles. The average molecular weight is 365 g/mol. The molecule has 2 unspecified atom stereocenters. The first-order chi connectivity index (χ1) is 12.6. The number of aryl methyl sites for hydroxylation is 1. The minimum Gasteiger partial charge on any atom is -0.361 e. The highest BCUT2D eigenvalue weighted by atomic mass is 32.1. The number of benzene rings is 2. The zero-order valence-corrected chi connectivity index (χ0v) is 14.9. The van der Waals surface area contributed by atoms with Crippen LogP contribution in [0.3, 0.4) is 0 Å². The molecule has 2 aromatic carbocycles. The van der Waals surface area contributed by atoms with Crippen LogP contribution in [0.15, 0.2) is 42.6 Å². The van der Waals surface area contributed by atoms with Crippen molar-refractivity contribution in [1.29, 1.82) is 0 Å². The van der Waals surface area contributed by atoms with Gasteiger partial charge in [-0.3, -0.25) is 4.79 Å². The third-order valence-corrected chi connectivity index (χ3v) is 5.85. The Labute approximate surface area is 153 Å². The summed E-state index contributed by atoms with van der Waals surface area (Å²) < 4.78 is 14.0. The van der Waals surface area contributed by atoms with Gasteiger partial charge in [0.1, 0.15) is 6.17 Å². The number of nitrogens with zero attached hydrogens (tertiary/aromatic N) is 1. The molecule has 4 nitrogen and oxygen atoms in total. The lowest BCUT2D eigenvalue weighted by Crippen LogP contribution is -2.14. The highest BCUT2D eigenvalue weighted by Gasteiger charge is 2.43. The highest BCUT2D eigenvalue weighted by molar-refractivity contribution is 7.22. The lowest BCUT2D eigenvalue weighted by molar-refractivity contribution is -0.117. The van der Waals surface area contributed by atoms with Crippen molar-refractivity contribution in [2.24, 2.45) is 5.92 Å². The molecule has 1 saturated carbocycles. The first-order valence-corrected chi connectivity index (χ1v) is 9.34. The van der Waals surface area contributed by atoms with Gasteiger partial charge in [0, 0.05) is 17.1 Å². The molecule has 0 spiro atoms. The predicted octanol–water partition coefficient (Wildman–Crippen LogP) is 5.05. The Hall–Kier alpha value is -2.73. The molecular weight excluding hydrogens is 349 g/mol. The third kappa shape index (κ3) is 2.49. The van der Waals surface area contributed by atoms with E-state index in [4.69, 9.17) is 0 Å². The maximum atomic E-state index is 13.0. The van der Waals surface area contributed by atoms with Crippen LogP contribution in [0.2, 0.25) is 0 Å². The molecule has 0 saturated heterocycles. The van der Waals surface area contributed by atoms with Crippen molar-refractivity contribution < 1.29 is 9.18 Å². The number of thiazole rings is 1. The van der Waals surface area contributed by atoms with Crippen molar-refractivity contribution in [2.75, 3.05) is 5.32 Å². The molecule has 2 aromatic heterocycles. The largest absolute Gasteiger partial charge is 0.361 e. The van der Waals surface area contributed by atoms with Crippen molar-refractivity contribution in [3.05, 3.63) is 48.2 Å². The molecule has 2 atom stereocenters. The van der Waals surface area contributed by atoms with E-state index in [1.807, 2.05) is 18.3 Å². The fraction of sp³-hybridized carbons (Fsp3) is 0.200. The van der Waals surface area contributed by atoms with E-state index < -0.39 is 12.1 Å². The third-order valence-electron chi connectivity index (χ3n) is 4.90. The minimum atomic E-state index is -0.999. The molecule has 6 heteroatoms. The summed E-state index contributed by atoms with van der Waals surface area (Å²) in [6.45, 7) is 2.10. The average Bonchev–Trinajstić information content (AvgIpc) is 3.02. The van der Waals surface area contributed by atoms with Gasteiger partial charge in [-0.2, -0.15) is 0 Å². The van der Waals surface area contributed by atoms with E-state index in [-0.39, 0.29) is 5.91 Å². The van der Waals surface area contributed by atoms with Crippen LogP contribution in [0.1, 0.15) is 12.0 Å². The van der Waals surface area contributed by atoms with Gasteiger partial charge in [0.25, 0.3) is 0 Å². The van der Waals surface area contributed by atoms with Gasteiger partial charge in [0.05, 0.1) is 16.1 Å². The number of amides is 1. The van der Waals surface area contributed by atoms with Crippen molar-refractivity contribution >= 4 is 43.5 Å². The second-order valence-electron chi connectivity index (χ2n) is 6.75. The smallest absolute Gasteiger partial charge is 0.232 e. The molecule has 26 heavy (non-hydrogen) atoms. The summed E-state index contributed by atoms with van der Waals surface area (Å²) in [5, 5.41) is 4.45. The minimum absolute atomic E-state index is 0.273. The zero-order chi connectivity index (χ0) is 17.8. The fourth-order valence-electron chi connectivity index (χ4n) is 3.40. The van der Waals surface area contributed by atoms with Crippen molar-refractivity contribution in [3.63, 3.8) is 0 Å². The molecule has 1 aliphatic rings. The molecule has 0 aliphatic heterocycles. The number of aromatic amines is 1. The Morgan fingerprint density at radius 1 is 1.31 bits per heavy atom. The lowest BCUT2D eigenvalue weighted by Gasteiger charge is -2.08. The first kappa shape index (κ1) is 15.5. The fourth-order valence-corrected chi connectivity index (χ4v) is 4.24. The molecule has 1 amide bonds. The van der Waals surface area contributed by atoms with Crippen molar-refractivity contribution in [3.8, 4) is 11.1 Å². The number of halogens is 1.